The van der Waals surface area contributed by atoms with Gasteiger partial charge in [0, 0.05) is 36.0 Å². The number of nitrogens with zero attached hydrogens (tertiary/aromatic N) is 1. The Hall–Kier alpha value is -4.35. The van der Waals surface area contributed by atoms with Crippen LogP contribution in [0, 0.1) is 0 Å². The summed E-state index contributed by atoms with van der Waals surface area (Å²) in [4.78, 5) is 40.6. The van der Waals surface area contributed by atoms with Crippen LogP contribution in [0.25, 0.3) is 0 Å². The molecule has 0 aliphatic carbocycles. The minimum Gasteiger partial charge on any atom is -0.392 e. The second-order valence-corrected chi connectivity index (χ2v) is 11.2. The number of cyclic esters (lactones) is 2. The van der Waals surface area contributed by atoms with Crippen molar-refractivity contribution in [2.75, 3.05) is 5.75 Å². The van der Waals surface area contributed by atoms with Crippen molar-refractivity contribution in [1.82, 2.24) is 10.3 Å². The number of nitrogens with one attached hydrogen (secondary N) is 1. The molecule has 0 spiro atoms. The topological polar surface area (TPSA) is 124 Å². The number of esters is 2. The Morgan fingerprint density at radius 1 is 0.884 bits per heavy atom. The van der Waals surface area contributed by atoms with Gasteiger partial charge in [0.25, 0.3) is 5.91 Å². The van der Waals surface area contributed by atoms with Gasteiger partial charge in [-0.05, 0) is 47.0 Å². The van der Waals surface area contributed by atoms with Gasteiger partial charge in [0.2, 0.25) is 0 Å². The molecule has 3 atom stereocenters. The molecule has 3 unspecified atom stereocenters. The van der Waals surface area contributed by atoms with E-state index in [1.54, 1.807) is 18.0 Å². The number of hydrogen-bond donors (Lipinski definition) is 2. The van der Waals surface area contributed by atoms with E-state index in [1.165, 1.54) is 18.2 Å². The lowest BCUT2D eigenvalue weighted by atomic mass is 10.0. The first-order valence-corrected chi connectivity index (χ1v) is 14.8. The molecule has 9 nitrogen and oxygen atoms in total. The van der Waals surface area contributed by atoms with E-state index in [9.17, 15) is 19.5 Å². The van der Waals surface area contributed by atoms with Crippen LogP contribution in [0.15, 0.2) is 96.2 Å². The number of fused-ring (bicyclic) bond motifs is 1. The number of thioether (sulfide) groups is 1. The second kappa shape index (κ2) is 12.9. The zero-order chi connectivity index (χ0) is 29.8. The molecule has 6 rings (SSSR count). The Balaban J connectivity index is 1.12. The van der Waals surface area contributed by atoms with E-state index in [0.29, 0.717) is 12.2 Å². The molecule has 1 amide bonds. The molecule has 2 aliphatic heterocycles. The summed E-state index contributed by atoms with van der Waals surface area (Å²) in [6, 6.07) is 25.5. The summed E-state index contributed by atoms with van der Waals surface area (Å²) in [6.45, 7) is 0.242. The van der Waals surface area contributed by atoms with E-state index in [0.717, 1.165) is 27.3 Å². The van der Waals surface area contributed by atoms with Crippen LogP contribution in [0.2, 0.25) is 0 Å². The quantitative estimate of drug-likeness (QED) is 0.153. The van der Waals surface area contributed by atoms with Crippen LogP contribution >= 0.6 is 11.8 Å². The van der Waals surface area contributed by atoms with Crippen molar-refractivity contribution >= 4 is 29.6 Å². The van der Waals surface area contributed by atoms with Crippen LogP contribution in [0.1, 0.15) is 72.1 Å². The van der Waals surface area contributed by atoms with Crippen molar-refractivity contribution in [3.63, 3.8) is 0 Å². The third kappa shape index (κ3) is 6.68. The third-order valence-corrected chi connectivity index (χ3v) is 8.36. The monoisotopic (exact) mass is 596 g/mol. The number of carbonyl (C=O) groups is 3. The standard InChI is InChI=1S/C33H28N2O7S/c36-18-21-6-8-22(9-7-21)28-16-25(19-43-29-3-1-2-14-34-29)40-33(41-28)23-10-4-20(5-11-23)17-35-30(37)24-12-13-26-27(15-24)32(39)42-31(26)38/h1-15,25,28,33,36H,16-19H2,(H,35,37). The van der Waals surface area contributed by atoms with Crippen LogP contribution in [-0.2, 0) is 27.4 Å². The van der Waals surface area contributed by atoms with Gasteiger partial charge in [-0.15, -0.1) is 11.8 Å². The SMILES string of the molecule is O=C(NCc1ccc(C2OC(CSc3ccccn3)CC(c3ccc(CO)cc3)O2)cc1)c1ccc2c(c1)C(=O)OC2=O. The molecule has 0 saturated carbocycles. The molecular weight excluding hydrogens is 568 g/mol. The van der Waals surface area contributed by atoms with E-state index >= 15 is 0 Å². The van der Waals surface area contributed by atoms with E-state index in [1.807, 2.05) is 66.7 Å². The predicted octanol–water partition coefficient (Wildman–Crippen LogP) is 5.15. The number of aliphatic hydroxyl groups is 1. The first-order valence-electron chi connectivity index (χ1n) is 13.8. The van der Waals surface area contributed by atoms with E-state index in [4.69, 9.17) is 9.47 Å². The van der Waals surface area contributed by atoms with Crippen LogP contribution in [-0.4, -0.2) is 39.8 Å². The summed E-state index contributed by atoms with van der Waals surface area (Å²) < 4.78 is 17.4. The lowest BCUT2D eigenvalue weighted by Gasteiger charge is -2.36. The van der Waals surface area contributed by atoms with Gasteiger partial charge in [-0.25, -0.2) is 14.6 Å². The van der Waals surface area contributed by atoms with Gasteiger partial charge in [0.05, 0.1) is 35.0 Å². The fourth-order valence-corrected chi connectivity index (χ4v) is 5.82. The molecule has 3 heterocycles. The Kier molecular flexibility index (Phi) is 8.62. The fraction of sp³-hybridized carbons (Fsp3) is 0.212. The van der Waals surface area contributed by atoms with E-state index in [-0.39, 0.29) is 48.0 Å². The maximum atomic E-state index is 12.7. The number of rotatable bonds is 9. The first kappa shape index (κ1) is 28.8. The summed E-state index contributed by atoms with van der Waals surface area (Å²) in [5.41, 5.74) is 4.08. The van der Waals surface area contributed by atoms with Crippen molar-refractivity contribution in [2.45, 2.75) is 43.1 Å². The van der Waals surface area contributed by atoms with Gasteiger partial charge in [0.1, 0.15) is 0 Å². The maximum Gasteiger partial charge on any atom is 0.346 e. The lowest BCUT2D eigenvalue weighted by molar-refractivity contribution is -0.245. The van der Waals surface area contributed by atoms with Crippen molar-refractivity contribution in [1.29, 1.82) is 0 Å². The molecule has 0 bridgehead atoms. The Morgan fingerprint density at radius 3 is 2.37 bits per heavy atom. The van der Waals surface area contributed by atoms with Crippen LogP contribution in [0.4, 0.5) is 0 Å². The number of carbonyl (C=O) groups excluding carboxylic acids is 3. The molecule has 10 heteroatoms. The number of aliphatic hydroxyl groups excluding tert-OH is 1. The largest absolute Gasteiger partial charge is 0.392 e. The van der Waals surface area contributed by atoms with Crippen molar-refractivity contribution < 1.29 is 33.7 Å². The number of aromatic nitrogens is 1. The lowest BCUT2D eigenvalue weighted by Crippen LogP contribution is -2.31. The molecule has 2 aliphatic rings. The normalized spacial score (nSPS) is 19.5. The average molecular weight is 597 g/mol. The zero-order valence-corrected chi connectivity index (χ0v) is 23.8. The second-order valence-electron chi connectivity index (χ2n) is 10.2. The van der Waals surface area contributed by atoms with Gasteiger partial charge in [0.15, 0.2) is 6.29 Å². The predicted molar refractivity (Wildman–Crippen MR) is 157 cm³/mol. The molecule has 43 heavy (non-hydrogen) atoms. The highest BCUT2D eigenvalue weighted by molar-refractivity contribution is 7.99. The highest BCUT2D eigenvalue weighted by atomic mass is 32.2. The van der Waals surface area contributed by atoms with Crippen LogP contribution in [0.5, 0.6) is 0 Å². The van der Waals surface area contributed by atoms with Gasteiger partial charge in [-0.2, -0.15) is 0 Å². The summed E-state index contributed by atoms with van der Waals surface area (Å²) in [5, 5.41) is 13.2. The molecule has 1 fully saturated rings. The van der Waals surface area contributed by atoms with Crippen LogP contribution < -0.4 is 5.32 Å². The molecule has 3 aromatic carbocycles. The number of pyridine rings is 1. The molecule has 2 N–H and O–H groups in total. The minimum absolute atomic E-state index is 0.0172. The van der Waals surface area contributed by atoms with Crippen molar-refractivity contribution in [3.8, 4) is 0 Å². The maximum absolute atomic E-state index is 12.7. The summed E-state index contributed by atoms with van der Waals surface area (Å²) in [5.74, 6) is -1.12. The molecule has 4 aromatic rings. The average Bonchev–Trinajstić information content (AvgIpc) is 3.35. The smallest absolute Gasteiger partial charge is 0.346 e. The molecule has 0 radical (unpaired) electrons. The summed E-state index contributed by atoms with van der Waals surface area (Å²) in [7, 11) is 0. The van der Waals surface area contributed by atoms with Crippen LogP contribution in [0.3, 0.4) is 0 Å². The summed E-state index contributed by atoms with van der Waals surface area (Å²) >= 11 is 1.64. The number of benzene rings is 3. The Bertz CT molecular complexity index is 1630. The van der Waals surface area contributed by atoms with Gasteiger partial charge < -0.3 is 24.6 Å². The number of ether oxygens (including phenoxy) is 3. The summed E-state index contributed by atoms with van der Waals surface area (Å²) in [6.07, 6.45) is 1.57. The molecular formula is C33H28N2O7S. The van der Waals surface area contributed by atoms with Crippen molar-refractivity contribution in [2.24, 2.45) is 0 Å². The Labute approximate surface area is 252 Å². The minimum atomic E-state index is -0.751. The van der Waals surface area contributed by atoms with E-state index < -0.39 is 18.2 Å². The fourth-order valence-electron chi connectivity index (χ4n) is 4.94. The highest BCUT2D eigenvalue weighted by Gasteiger charge is 2.33. The van der Waals surface area contributed by atoms with Gasteiger partial charge in [-0.3, -0.25) is 4.79 Å². The first-order chi connectivity index (χ1) is 21.0. The zero-order valence-electron chi connectivity index (χ0n) is 23.0. The Morgan fingerprint density at radius 2 is 1.63 bits per heavy atom. The van der Waals surface area contributed by atoms with Gasteiger partial charge in [-0.1, -0.05) is 54.6 Å². The number of amides is 1. The van der Waals surface area contributed by atoms with Crippen molar-refractivity contribution in [3.05, 3.63) is 130 Å². The molecule has 218 valence electrons. The number of hydrogen-bond acceptors (Lipinski definition) is 9. The third-order valence-electron chi connectivity index (χ3n) is 7.28. The molecule has 1 saturated heterocycles. The highest BCUT2D eigenvalue weighted by Crippen LogP contribution is 2.39. The van der Waals surface area contributed by atoms with Gasteiger partial charge >= 0.3 is 11.9 Å². The molecule has 1 aromatic heterocycles. The van der Waals surface area contributed by atoms with E-state index in [2.05, 4.69) is 15.0 Å².